The molecule has 6 aromatic rings. The van der Waals surface area contributed by atoms with Crippen LogP contribution < -0.4 is 10.3 Å². The van der Waals surface area contributed by atoms with Crippen LogP contribution in [-0.2, 0) is 17.9 Å². The molecule has 4 aromatic heterocycles. The van der Waals surface area contributed by atoms with Gasteiger partial charge in [-0.1, -0.05) is 41.9 Å². The number of halogens is 2. The summed E-state index contributed by atoms with van der Waals surface area (Å²) in [6, 6.07) is 20.1. The number of thiazole rings is 1. The molecule has 2 saturated heterocycles. The number of nitrogens with zero attached hydrogens (tertiary/aromatic N) is 7. The zero-order valence-electron chi connectivity index (χ0n) is 29.6. The largest absolute Gasteiger partial charge is 0.481 e. The Hall–Kier alpha value is -4.95. The first-order valence-corrected chi connectivity index (χ1v) is 19.1. The van der Waals surface area contributed by atoms with Crippen LogP contribution in [-0.4, -0.2) is 83.8 Å². The molecule has 278 valence electrons. The number of methoxy groups -OCH3 is 1. The molecule has 2 atom stereocenters. The molecule has 2 aliphatic heterocycles. The van der Waals surface area contributed by atoms with E-state index in [9.17, 15) is 19.1 Å². The molecule has 54 heavy (non-hydrogen) atoms. The highest BCUT2D eigenvalue weighted by Gasteiger charge is 2.41. The van der Waals surface area contributed by atoms with Gasteiger partial charge in [-0.15, -0.1) is 11.3 Å². The third kappa shape index (κ3) is 7.28. The first-order valence-electron chi connectivity index (χ1n) is 17.9. The van der Waals surface area contributed by atoms with Gasteiger partial charge >= 0.3 is 0 Å². The molecule has 0 saturated carbocycles. The zero-order valence-corrected chi connectivity index (χ0v) is 31.2. The number of piperidine rings is 2. The maximum absolute atomic E-state index is 14.2. The van der Waals surface area contributed by atoms with Gasteiger partial charge in [0.15, 0.2) is 5.65 Å². The van der Waals surface area contributed by atoms with Crippen molar-refractivity contribution >= 4 is 39.9 Å². The van der Waals surface area contributed by atoms with Gasteiger partial charge in [-0.25, -0.2) is 19.3 Å². The van der Waals surface area contributed by atoms with Crippen LogP contribution in [0, 0.1) is 11.7 Å². The molecular formula is C40H39ClFN7O4S. The van der Waals surface area contributed by atoms with Crippen LogP contribution in [0.1, 0.15) is 35.6 Å². The molecule has 0 spiro atoms. The van der Waals surface area contributed by atoms with E-state index in [-0.39, 0.29) is 34.9 Å². The number of hydrogen-bond donors (Lipinski definition) is 1. The van der Waals surface area contributed by atoms with Gasteiger partial charge in [-0.2, -0.15) is 0 Å². The van der Waals surface area contributed by atoms with Crippen LogP contribution in [0.4, 0.5) is 4.39 Å². The number of benzene rings is 2. The minimum Gasteiger partial charge on any atom is -0.481 e. The molecule has 2 fully saturated rings. The van der Waals surface area contributed by atoms with Crippen LogP contribution in [0.5, 0.6) is 5.88 Å². The van der Waals surface area contributed by atoms with Gasteiger partial charge in [0.05, 0.1) is 35.4 Å². The fraction of sp³-hybridized carbons (Fsp3) is 0.325. The predicted molar refractivity (Wildman–Crippen MR) is 206 cm³/mol. The van der Waals surface area contributed by atoms with Gasteiger partial charge in [0.2, 0.25) is 11.8 Å². The van der Waals surface area contributed by atoms with Gasteiger partial charge in [0, 0.05) is 73.1 Å². The maximum atomic E-state index is 14.2. The summed E-state index contributed by atoms with van der Waals surface area (Å²) in [6.45, 7) is 3.10. The highest BCUT2D eigenvalue weighted by Crippen LogP contribution is 2.37. The van der Waals surface area contributed by atoms with E-state index in [0.29, 0.717) is 48.5 Å². The fourth-order valence-electron chi connectivity index (χ4n) is 7.72. The van der Waals surface area contributed by atoms with E-state index in [1.165, 1.54) is 23.0 Å². The number of ether oxygens (including phenoxy) is 1. The summed E-state index contributed by atoms with van der Waals surface area (Å²) in [6.07, 6.45) is 8.17. The van der Waals surface area contributed by atoms with Crippen molar-refractivity contribution in [2.24, 2.45) is 5.92 Å². The Balaban J connectivity index is 0.924. The third-order valence-electron chi connectivity index (χ3n) is 10.7. The Morgan fingerprint density at radius 3 is 2.59 bits per heavy atom. The third-order valence-corrected chi connectivity index (χ3v) is 12.0. The number of rotatable bonds is 9. The van der Waals surface area contributed by atoms with Crippen molar-refractivity contribution in [3.8, 4) is 22.1 Å². The van der Waals surface area contributed by atoms with Gasteiger partial charge < -0.3 is 19.3 Å². The maximum Gasteiger partial charge on any atom is 0.262 e. The lowest BCUT2D eigenvalue weighted by atomic mass is 9.79. The minimum absolute atomic E-state index is 0.00891. The number of aromatic nitrogens is 5. The number of carbonyl (C=O) groups is 1. The fourth-order valence-corrected chi connectivity index (χ4v) is 8.78. The topological polar surface area (TPSA) is 119 Å². The Labute approximate surface area is 320 Å². The molecule has 2 aromatic carbocycles. The summed E-state index contributed by atoms with van der Waals surface area (Å²) >= 11 is 7.50. The second kappa shape index (κ2) is 15.1. The van der Waals surface area contributed by atoms with Crippen LogP contribution in [0.25, 0.3) is 27.3 Å². The van der Waals surface area contributed by atoms with Crippen LogP contribution in [0.3, 0.4) is 0 Å². The monoisotopic (exact) mass is 767 g/mol. The summed E-state index contributed by atoms with van der Waals surface area (Å²) in [5.41, 5.74) is 1.47. The zero-order chi connectivity index (χ0) is 37.4. The van der Waals surface area contributed by atoms with Gasteiger partial charge in [0.25, 0.3) is 5.56 Å². The van der Waals surface area contributed by atoms with E-state index in [4.69, 9.17) is 16.3 Å². The Morgan fingerprint density at radius 2 is 1.85 bits per heavy atom. The average Bonchev–Trinajstić information content (AvgIpc) is 3.85. The number of fused-ring (bicyclic) bond motifs is 1. The first kappa shape index (κ1) is 36.0. The van der Waals surface area contributed by atoms with Crippen molar-refractivity contribution < 1.29 is 19.0 Å². The van der Waals surface area contributed by atoms with Crippen molar-refractivity contribution in [3.05, 3.63) is 123 Å². The van der Waals surface area contributed by atoms with E-state index in [2.05, 4.69) is 32.0 Å². The number of carbonyl (C=O) groups excluding carboxylic acids is 1. The van der Waals surface area contributed by atoms with Gasteiger partial charge in [-0.05, 0) is 61.7 Å². The Bertz CT molecular complexity index is 2340. The van der Waals surface area contributed by atoms with E-state index < -0.39 is 11.4 Å². The minimum atomic E-state index is -1.19. The lowest BCUT2D eigenvalue weighted by Crippen LogP contribution is -2.53. The molecule has 0 bridgehead atoms. The summed E-state index contributed by atoms with van der Waals surface area (Å²) < 4.78 is 22.4. The second-order valence-electron chi connectivity index (χ2n) is 14.1. The summed E-state index contributed by atoms with van der Waals surface area (Å²) in [7, 11) is 1.59. The second-order valence-corrected chi connectivity index (χ2v) is 15.6. The molecule has 2 aliphatic rings. The van der Waals surface area contributed by atoms with Crippen molar-refractivity contribution in [2.45, 2.75) is 43.9 Å². The highest BCUT2D eigenvalue weighted by molar-refractivity contribution is 7.15. The Morgan fingerprint density at radius 1 is 1.04 bits per heavy atom. The van der Waals surface area contributed by atoms with E-state index in [1.54, 1.807) is 47.5 Å². The smallest absolute Gasteiger partial charge is 0.262 e. The lowest BCUT2D eigenvalue weighted by Gasteiger charge is -2.43. The molecule has 0 radical (unpaired) electrons. The van der Waals surface area contributed by atoms with Gasteiger partial charge in [-0.3, -0.25) is 19.1 Å². The summed E-state index contributed by atoms with van der Waals surface area (Å²) in [4.78, 5) is 46.7. The molecule has 0 aliphatic carbocycles. The summed E-state index contributed by atoms with van der Waals surface area (Å²) in [5, 5.41) is 12.9. The number of amides is 1. The molecule has 6 heterocycles. The van der Waals surface area contributed by atoms with Gasteiger partial charge in [0.1, 0.15) is 17.2 Å². The van der Waals surface area contributed by atoms with Crippen molar-refractivity contribution in [1.29, 1.82) is 0 Å². The molecular weight excluding hydrogens is 729 g/mol. The molecule has 8 rings (SSSR count). The lowest BCUT2D eigenvalue weighted by molar-refractivity contribution is -0.142. The standard InChI is InChI=1S/C40H39ClFN7O4S/c1-53-35-10-7-27(20-43-35)37-44-21-29(54-37)22-46-15-11-30(32(23-46)26-5-3-2-4-6-26)38(50)47-17-13-40(52,14-18-47)24-48-25-45-36-31(39(48)51)12-16-49(36)28-8-9-33(41)34(42)19-28/h2-10,12,16,19-21,25,30,32,52H,11,13-15,17-18,22-24H2,1H3/t30-,32+/m1/s1. The summed E-state index contributed by atoms with van der Waals surface area (Å²) in [5.74, 6) is -0.0727. The number of hydrogen-bond acceptors (Lipinski definition) is 9. The van der Waals surface area contributed by atoms with E-state index in [1.807, 2.05) is 41.4 Å². The van der Waals surface area contributed by atoms with Crippen molar-refractivity contribution in [1.82, 2.24) is 33.9 Å². The van der Waals surface area contributed by atoms with Crippen molar-refractivity contribution in [2.75, 3.05) is 33.3 Å². The number of likely N-dealkylation sites (tertiary alicyclic amines) is 2. The SMILES string of the molecule is COc1ccc(-c2ncc(CN3CC[C@@H](C(=O)N4CCC(O)(Cn5cnc6c(ccn6-c6ccc(Cl)c(F)c6)c5=O)CC4)[C@H](c4ccccc4)C3)s2)cn1. The quantitative estimate of drug-likeness (QED) is 0.186. The average molecular weight is 768 g/mol. The molecule has 1 amide bonds. The first-order chi connectivity index (χ1) is 26.2. The normalized spacial score (nSPS) is 18.9. The molecule has 11 nitrogen and oxygen atoms in total. The number of pyridine rings is 1. The predicted octanol–water partition coefficient (Wildman–Crippen LogP) is 6.17. The molecule has 0 unspecified atom stereocenters. The molecule has 1 N–H and O–H groups in total. The Kier molecular flexibility index (Phi) is 10.1. The van der Waals surface area contributed by atoms with E-state index in [0.717, 1.165) is 47.1 Å². The van der Waals surface area contributed by atoms with Crippen LogP contribution in [0.15, 0.2) is 96.4 Å². The number of aliphatic hydroxyl groups is 1. The van der Waals surface area contributed by atoms with Crippen molar-refractivity contribution in [3.63, 3.8) is 0 Å². The van der Waals surface area contributed by atoms with E-state index >= 15 is 0 Å². The highest BCUT2D eigenvalue weighted by atomic mass is 35.5. The van der Waals surface area contributed by atoms with Crippen LogP contribution >= 0.6 is 22.9 Å². The van der Waals surface area contributed by atoms with Crippen LogP contribution in [0.2, 0.25) is 5.02 Å². The molecule has 14 heteroatoms.